The summed E-state index contributed by atoms with van der Waals surface area (Å²) in [5, 5.41) is 9.37. The van der Waals surface area contributed by atoms with E-state index < -0.39 is 0 Å². The highest BCUT2D eigenvalue weighted by Gasteiger charge is 2.00. The van der Waals surface area contributed by atoms with E-state index in [4.69, 9.17) is 4.74 Å². The van der Waals surface area contributed by atoms with Crippen molar-refractivity contribution in [1.29, 1.82) is 0 Å². The van der Waals surface area contributed by atoms with Gasteiger partial charge in [0.15, 0.2) is 11.5 Å². The predicted octanol–water partition coefficient (Wildman–Crippen LogP) is 1.87. The molecule has 0 spiro atoms. The molecule has 0 saturated heterocycles. The van der Waals surface area contributed by atoms with Gasteiger partial charge in [0.05, 0.1) is 7.11 Å². The largest absolute Gasteiger partial charge is 0.504 e. The lowest BCUT2D eigenvalue weighted by atomic mass is 10.1. The molecule has 0 aromatic heterocycles. The van der Waals surface area contributed by atoms with Gasteiger partial charge in [-0.15, -0.1) is 0 Å². The first-order valence-corrected chi connectivity index (χ1v) is 4.38. The van der Waals surface area contributed by atoms with Crippen molar-refractivity contribution in [3.63, 3.8) is 0 Å². The lowest BCUT2D eigenvalue weighted by Gasteiger charge is -2.04. The molecule has 0 aliphatic rings. The second-order valence-corrected chi connectivity index (χ2v) is 2.93. The number of hydrogen-bond donors (Lipinski definition) is 2. The SMILES string of the molecule is COc1ccc(CCS)cc1O. The number of aryl methyl sites for hydroxylation is 1. The maximum atomic E-state index is 9.37. The Balaban J connectivity index is 2.86. The maximum absolute atomic E-state index is 9.37. The van der Waals surface area contributed by atoms with E-state index in [-0.39, 0.29) is 5.75 Å². The van der Waals surface area contributed by atoms with Crippen LogP contribution in [0.4, 0.5) is 0 Å². The van der Waals surface area contributed by atoms with Crippen molar-refractivity contribution in [1.82, 2.24) is 0 Å². The van der Waals surface area contributed by atoms with Crippen LogP contribution in [-0.4, -0.2) is 18.0 Å². The molecule has 0 amide bonds. The van der Waals surface area contributed by atoms with Gasteiger partial charge in [-0.25, -0.2) is 0 Å². The number of hydrogen-bond acceptors (Lipinski definition) is 3. The Morgan fingerprint density at radius 1 is 1.50 bits per heavy atom. The summed E-state index contributed by atoms with van der Waals surface area (Å²) < 4.78 is 4.91. The first-order valence-electron chi connectivity index (χ1n) is 3.74. The van der Waals surface area contributed by atoms with Gasteiger partial charge in [0.25, 0.3) is 0 Å². The molecule has 0 aliphatic carbocycles. The number of phenolic OH excluding ortho intramolecular Hbond substituents is 1. The van der Waals surface area contributed by atoms with Gasteiger partial charge >= 0.3 is 0 Å². The van der Waals surface area contributed by atoms with Gasteiger partial charge in [-0.1, -0.05) is 6.07 Å². The zero-order valence-corrected chi connectivity index (χ0v) is 7.84. The molecule has 0 saturated carbocycles. The van der Waals surface area contributed by atoms with E-state index in [1.165, 1.54) is 7.11 Å². The van der Waals surface area contributed by atoms with Crippen molar-refractivity contribution in [2.45, 2.75) is 6.42 Å². The summed E-state index contributed by atoms with van der Waals surface area (Å²) in [6.45, 7) is 0. The molecule has 1 rings (SSSR count). The fraction of sp³-hybridized carbons (Fsp3) is 0.333. The molecule has 1 aromatic carbocycles. The van der Waals surface area contributed by atoms with Crippen molar-refractivity contribution in [2.24, 2.45) is 0 Å². The van der Waals surface area contributed by atoms with E-state index in [0.29, 0.717) is 5.75 Å². The highest BCUT2D eigenvalue weighted by Crippen LogP contribution is 2.26. The summed E-state index contributed by atoms with van der Waals surface area (Å²) in [6.07, 6.45) is 0.862. The number of methoxy groups -OCH3 is 1. The molecule has 66 valence electrons. The summed E-state index contributed by atoms with van der Waals surface area (Å²) in [5.74, 6) is 1.49. The van der Waals surface area contributed by atoms with Crippen LogP contribution in [0.3, 0.4) is 0 Å². The van der Waals surface area contributed by atoms with E-state index in [1.807, 2.05) is 6.07 Å². The number of thiol groups is 1. The van der Waals surface area contributed by atoms with Gasteiger partial charge in [0.1, 0.15) is 0 Å². The van der Waals surface area contributed by atoms with Crippen molar-refractivity contribution >= 4 is 12.6 Å². The molecule has 0 aliphatic heterocycles. The summed E-state index contributed by atoms with van der Waals surface area (Å²) in [4.78, 5) is 0. The zero-order valence-electron chi connectivity index (χ0n) is 6.95. The van der Waals surface area contributed by atoms with Crippen molar-refractivity contribution in [3.05, 3.63) is 23.8 Å². The minimum atomic E-state index is 0.191. The van der Waals surface area contributed by atoms with Gasteiger partial charge < -0.3 is 9.84 Å². The topological polar surface area (TPSA) is 29.5 Å². The molecule has 12 heavy (non-hydrogen) atoms. The number of rotatable bonds is 3. The van der Waals surface area contributed by atoms with Crippen LogP contribution in [0, 0.1) is 0 Å². The number of benzene rings is 1. The summed E-state index contributed by atoms with van der Waals surface area (Å²) in [7, 11) is 1.54. The highest BCUT2D eigenvalue weighted by molar-refractivity contribution is 7.80. The third-order valence-electron chi connectivity index (χ3n) is 1.64. The first-order chi connectivity index (χ1) is 5.77. The number of phenols is 1. The quantitative estimate of drug-likeness (QED) is 0.702. The van der Waals surface area contributed by atoms with Crippen LogP contribution >= 0.6 is 12.6 Å². The fourth-order valence-corrected chi connectivity index (χ4v) is 1.28. The van der Waals surface area contributed by atoms with Gasteiger partial charge in [-0.2, -0.15) is 12.6 Å². The zero-order chi connectivity index (χ0) is 8.97. The summed E-state index contributed by atoms with van der Waals surface area (Å²) in [6, 6.07) is 5.39. The van der Waals surface area contributed by atoms with Crippen LogP contribution in [0.15, 0.2) is 18.2 Å². The third kappa shape index (κ3) is 2.08. The first kappa shape index (κ1) is 9.26. The molecule has 1 aromatic rings. The molecule has 0 radical (unpaired) electrons. The Morgan fingerprint density at radius 3 is 2.75 bits per heavy atom. The van der Waals surface area contributed by atoms with E-state index in [1.54, 1.807) is 12.1 Å². The molecule has 2 nitrogen and oxygen atoms in total. The molecule has 0 unspecified atom stereocenters. The maximum Gasteiger partial charge on any atom is 0.160 e. The number of aromatic hydroxyl groups is 1. The predicted molar refractivity (Wildman–Crippen MR) is 52.2 cm³/mol. The van der Waals surface area contributed by atoms with E-state index in [0.717, 1.165) is 17.7 Å². The van der Waals surface area contributed by atoms with Gasteiger partial charge in [-0.05, 0) is 29.9 Å². The summed E-state index contributed by atoms with van der Waals surface area (Å²) >= 11 is 4.10. The normalized spacial score (nSPS) is 9.83. The fourth-order valence-electron chi connectivity index (χ4n) is 1.02. The Morgan fingerprint density at radius 2 is 2.25 bits per heavy atom. The number of ether oxygens (including phenoxy) is 1. The Hall–Kier alpha value is -0.830. The minimum Gasteiger partial charge on any atom is -0.504 e. The van der Waals surface area contributed by atoms with Crippen LogP contribution < -0.4 is 4.74 Å². The molecule has 0 atom stereocenters. The molecular weight excluding hydrogens is 172 g/mol. The van der Waals surface area contributed by atoms with Crippen molar-refractivity contribution < 1.29 is 9.84 Å². The lowest BCUT2D eigenvalue weighted by molar-refractivity contribution is 0.373. The van der Waals surface area contributed by atoms with Crippen LogP contribution in [-0.2, 0) is 6.42 Å². The van der Waals surface area contributed by atoms with Crippen molar-refractivity contribution in [3.8, 4) is 11.5 Å². The lowest BCUT2D eigenvalue weighted by Crippen LogP contribution is -1.88. The van der Waals surface area contributed by atoms with Gasteiger partial charge in [-0.3, -0.25) is 0 Å². The summed E-state index contributed by atoms with van der Waals surface area (Å²) in [5.41, 5.74) is 1.07. The van der Waals surface area contributed by atoms with Gasteiger partial charge in [0.2, 0.25) is 0 Å². The molecule has 0 fully saturated rings. The standard InChI is InChI=1S/C9H12O2S/c1-11-9-3-2-7(4-5-12)6-8(9)10/h2-3,6,10,12H,4-5H2,1H3. The van der Waals surface area contributed by atoms with E-state index >= 15 is 0 Å². The van der Waals surface area contributed by atoms with E-state index in [2.05, 4.69) is 12.6 Å². The average molecular weight is 184 g/mol. The Bertz CT molecular complexity index is 261. The smallest absolute Gasteiger partial charge is 0.160 e. The molecule has 1 N–H and O–H groups in total. The Labute approximate surface area is 77.6 Å². The second-order valence-electron chi connectivity index (χ2n) is 2.48. The molecule has 0 bridgehead atoms. The Kier molecular flexibility index (Phi) is 3.29. The van der Waals surface area contributed by atoms with Crippen molar-refractivity contribution in [2.75, 3.05) is 12.9 Å². The van der Waals surface area contributed by atoms with Crippen LogP contribution in [0.2, 0.25) is 0 Å². The molecule has 3 heteroatoms. The second kappa shape index (κ2) is 4.26. The molecule has 0 heterocycles. The average Bonchev–Trinajstić information content (AvgIpc) is 2.05. The van der Waals surface area contributed by atoms with Gasteiger partial charge in [0, 0.05) is 0 Å². The van der Waals surface area contributed by atoms with Crippen LogP contribution in [0.1, 0.15) is 5.56 Å². The molecular formula is C9H12O2S. The highest BCUT2D eigenvalue weighted by atomic mass is 32.1. The monoisotopic (exact) mass is 184 g/mol. The van der Waals surface area contributed by atoms with Crippen LogP contribution in [0.25, 0.3) is 0 Å². The van der Waals surface area contributed by atoms with E-state index in [9.17, 15) is 5.11 Å². The third-order valence-corrected chi connectivity index (χ3v) is 1.87. The minimum absolute atomic E-state index is 0.191. The van der Waals surface area contributed by atoms with Crippen LogP contribution in [0.5, 0.6) is 11.5 Å².